The molecule has 0 bridgehead atoms. The number of amides is 2. The molecule has 1 aliphatic heterocycles. The van der Waals surface area contributed by atoms with Crippen molar-refractivity contribution in [2.24, 2.45) is 0 Å². The average Bonchev–Trinajstić information content (AvgIpc) is 3.33. The fraction of sp³-hybridized carbons (Fsp3) is 0.562. The zero-order valence-corrected chi connectivity index (χ0v) is 14.1. The van der Waals surface area contributed by atoms with E-state index in [2.05, 4.69) is 26.1 Å². The van der Waals surface area contributed by atoms with Gasteiger partial charge in [-0.15, -0.1) is 0 Å². The van der Waals surface area contributed by atoms with Crippen LogP contribution in [0.3, 0.4) is 0 Å². The van der Waals surface area contributed by atoms with Crippen LogP contribution in [0.25, 0.3) is 0 Å². The van der Waals surface area contributed by atoms with Gasteiger partial charge in [-0.25, -0.2) is 9.18 Å². The predicted octanol–water partition coefficient (Wildman–Crippen LogP) is 2.97. The van der Waals surface area contributed by atoms with Crippen molar-refractivity contribution in [1.29, 1.82) is 0 Å². The number of benzene rings is 1. The molecule has 0 unspecified atom stereocenters. The van der Waals surface area contributed by atoms with Crippen molar-refractivity contribution < 1.29 is 9.18 Å². The minimum Gasteiger partial charge on any atom is -0.334 e. The molecule has 22 heavy (non-hydrogen) atoms. The lowest BCUT2D eigenvalue weighted by Gasteiger charge is -2.22. The van der Waals surface area contributed by atoms with Crippen LogP contribution in [-0.4, -0.2) is 48.1 Å². The summed E-state index contributed by atoms with van der Waals surface area (Å²) in [5, 5.41) is 2.83. The standard InChI is InChI=1S/C16H21BrFN3O/c17-13-2-5-15(18)12(10-13)11-19-16(22)21-7-1-6-20(8-9-21)14-3-4-14/h2,5,10,14H,1,3-4,6-9,11H2,(H,19,22). The van der Waals surface area contributed by atoms with Crippen LogP contribution in [-0.2, 0) is 6.54 Å². The SMILES string of the molecule is O=C(NCc1cc(Br)ccc1F)N1CCCN(C2CC2)CC1. The Kier molecular flexibility index (Phi) is 4.98. The highest BCUT2D eigenvalue weighted by Gasteiger charge is 2.30. The molecule has 120 valence electrons. The summed E-state index contributed by atoms with van der Waals surface area (Å²) in [5.74, 6) is -0.292. The Morgan fingerprint density at radius 1 is 1.27 bits per heavy atom. The van der Waals surface area contributed by atoms with Gasteiger partial charge in [0.15, 0.2) is 0 Å². The van der Waals surface area contributed by atoms with Crippen molar-refractivity contribution in [3.05, 3.63) is 34.1 Å². The van der Waals surface area contributed by atoms with E-state index in [0.717, 1.165) is 43.1 Å². The first kappa shape index (κ1) is 15.7. The van der Waals surface area contributed by atoms with Crippen molar-refractivity contribution in [1.82, 2.24) is 15.1 Å². The Bertz CT molecular complexity index is 550. The van der Waals surface area contributed by atoms with E-state index in [-0.39, 0.29) is 18.4 Å². The molecule has 1 N–H and O–H groups in total. The van der Waals surface area contributed by atoms with Gasteiger partial charge in [-0.2, -0.15) is 0 Å². The number of hydrogen-bond donors (Lipinski definition) is 1. The van der Waals surface area contributed by atoms with Crippen LogP contribution in [0.4, 0.5) is 9.18 Å². The summed E-state index contributed by atoms with van der Waals surface area (Å²) in [6.07, 6.45) is 3.61. The van der Waals surface area contributed by atoms with E-state index in [4.69, 9.17) is 0 Å². The van der Waals surface area contributed by atoms with Gasteiger partial charge in [0, 0.05) is 48.8 Å². The number of carbonyl (C=O) groups is 1. The van der Waals surface area contributed by atoms with Crippen LogP contribution >= 0.6 is 15.9 Å². The number of urea groups is 1. The second-order valence-electron chi connectivity index (χ2n) is 6.00. The molecule has 0 radical (unpaired) electrons. The first-order valence-corrected chi connectivity index (χ1v) is 8.63. The number of halogens is 2. The molecule has 0 spiro atoms. The smallest absolute Gasteiger partial charge is 0.317 e. The largest absolute Gasteiger partial charge is 0.334 e. The zero-order valence-electron chi connectivity index (χ0n) is 12.5. The summed E-state index contributed by atoms with van der Waals surface area (Å²) < 4.78 is 14.5. The molecule has 1 aromatic carbocycles. The van der Waals surface area contributed by atoms with E-state index >= 15 is 0 Å². The van der Waals surface area contributed by atoms with E-state index in [9.17, 15) is 9.18 Å². The lowest BCUT2D eigenvalue weighted by Crippen LogP contribution is -2.42. The highest BCUT2D eigenvalue weighted by atomic mass is 79.9. The van der Waals surface area contributed by atoms with Gasteiger partial charge in [0.1, 0.15) is 5.82 Å². The molecule has 1 aliphatic carbocycles. The normalized spacial score (nSPS) is 19.8. The summed E-state index contributed by atoms with van der Waals surface area (Å²) in [4.78, 5) is 16.6. The molecular formula is C16H21BrFN3O. The van der Waals surface area contributed by atoms with Gasteiger partial charge in [-0.1, -0.05) is 15.9 Å². The summed E-state index contributed by atoms with van der Waals surface area (Å²) in [6, 6.07) is 5.41. The molecule has 1 heterocycles. The highest BCUT2D eigenvalue weighted by Crippen LogP contribution is 2.27. The van der Waals surface area contributed by atoms with Crippen LogP contribution in [0.5, 0.6) is 0 Å². The molecule has 2 fully saturated rings. The van der Waals surface area contributed by atoms with E-state index < -0.39 is 0 Å². The Balaban J connectivity index is 1.51. The summed E-state index contributed by atoms with van der Waals surface area (Å²) in [7, 11) is 0. The number of nitrogens with zero attached hydrogens (tertiary/aromatic N) is 2. The molecule has 4 nitrogen and oxygen atoms in total. The van der Waals surface area contributed by atoms with Crippen molar-refractivity contribution in [3.63, 3.8) is 0 Å². The Hall–Kier alpha value is -1.14. The molecule has 6 heteroatoms. The summed E-state index contributed by atoms with van der Waals surface area (Å²) in [6.45, 7) is 3.77. The lowest BCUT2D eigenvalue weighted by atomic mass is 10.2. The van der Waals surface area contributed by atoms with Gasteiger partial charge in [-0.05, 0) is 37.5 Å². The lowest BCUT2D eigenvalue weighted by molar-refractivity contribution is 0.197. The van der Waals surface area contributed by atoms with E-state index in [1.165, 1.54) is 18.9 Å². The van der Waals surface area contributed by atoms with Crippen LogP contribution in [0, 0.1) is 5.82 Å². The van der Waals surface area contributed by atoms with Gasteiger partial charge < -0.3 is 10.2 Å². The zero-order chi connectivity index (χ0) is 15.5. The van der Waals surface area contributed by atoms with Crippen molar-refractivity contribution in [3.8, 4) is 0 Å². The summed E-state index contributed by atoms with van der Waals surface area (Å²) >= 11 is 3.32. The minimum absolute atomic E-state index is 0.1000. The molecule has 3 rings (SSSR count). The molecule has 0 atom stereocenters. The van der Waals surface area contributed by atoms with Crippen molar-refractivity contribution in [2.75, 3.05) is 26.2 Å². The quantitative estimate of drug-likeness (QED) is 0.888. The number of hydrogen-bond acceptors (Lipinski definition) is 2. The molecule has 1 aromatic rings. The Morgan fingerprint density at radius 3 is 2.86 bits per heavy atom. The van der Waals surface area contributed by atoms with Gasteiger partial charge in [-0.3, -0.25) is 4.90 Å². The second-order valence-corrected chi connectivity index (χ2v) is 6.92. The van der Waals surface area contributed by atoms with Crippen LogP contribution in [0.15, 0.2) is 22.7 Å². The Labute approximate surface area is 138 Å². The third kappa shape index (κ3) is 3.98. The van der Waals surface area contributed by atoms with Crippen molar-refractivity contribution >= 4 is 22.0 Å². The van der Waals surface area contributed by atoms with Gasteiger partial charge >= 0.3 is 6.03 Å². The van der Waals surface area contributed by atoms with Crippen LogP contribution in [0.2, 0.25) is 0 Å². The number of carbonyl (C=O) groups excluding carboxylic acids is 1. The van der Waals surface area contributed by atoms with E-state index in [1.807, 2.05) is 4.90 Å². The molecule has 1 saturated heterocycles. The van der Waals surface area contributed by atoms with Gasteiger partial charge in [0.05, 0.1) is 0 Å². The topological polar surface area (TPSA) is 35.6 Å². The summed E-state index contributed by atoms with van der Waals surface area (Å²) in [5.41, 5.74) is 0.497. The predicted molar refractivity (Wildman–Crippen MR) is 87.1 cm³/mol. The molecule has 2 aliphatic rings. The fourth-order valence-corrected chi connectivity index (χ4v) is 3.32. The first-order valence-electron chi connectivity index (χ1n) is 7.84. The highest BCUT2D eigenvalue weighted by molar-refractivity contribution is 9.10. The van der Waals surface area contributed by atoms with Crippen molar-refractivity contribution in [2.45, 2.75) is 31.8 Å². The second kappa shape index (κ2) is 6.96. The average molecular weight is 370 g/mol. The molecular weight excluding hydrogens is 349 g/mol. The van der Waals surface area contributed by atoms with Gasteiger partial charge in [0.25, 0.3) is 0 Å². The van der Waals surface area contributed by atoms with Gasteiger partial charge in [0.2, 0.25) is 0 Å². The molecule has 2 amide bonds. The van der Waals surface area contributed by atoms with Crippen LogP contribution < -0.4 is 5.32 Å². The number of rotatable bonds is 3. The molecule has 1 saturated carbocycles. The molecule has 0 aromatic heterocycles. The third-order valence-corrected chi connectivity index (χ3v) is 4.81. The first-order chi connectivity index (χ1) is 10.6. The third-order valence-electron chi connectivity index (χ3n) is 4.32. The minimum atomic E-state index is -0.292. The van der Waals surface area contributed by atoms with E-state index in [1.54, 1.807) is 12.1 Å². The monoisotopic (exact) mass is 369 g/mol. The maximum atomic E-state index is 13.7. The number of nitrogens with one attached hydrogen (secondary N) is 1. The fourth-order valence-electron chi connectivity index (χ4n) is 2.91. The van der Waals surface area contributed by atoms with E-state index in [0.29, 0.717) is 5.56 Å². The Morgan fingerprint density at radius 2 is 2.09 bits per heavy atom. The van der Waals surface area contributed by atoms with Crippen LogP contribution in [0.1, 0.15) is 24.8 Å². The maximum absolute atomic E-state index is 13.7. The maximum Gasteiger partial charge on any atom is 0.317 e.